The number of hydrogen-bond acceptors (Lipinski definition) is 2. The lowest BCUT2D eigenvalue weighted by atomic mass is 10.2. The first-order valence-electron chi connectivity index (χ1n) is 5.44. The maximum Gasteiger partial charge on any atom is 0.319 e. The first kappa shape index (κ1) is 14.5. The number of urea groups is 1. The highest BCUT2D eigenvalue weighted by molar-refractivity contribution is 9.10. The number of carbonyl (C=O) groups is 2. The van der Waals surface area contributed by atoms with Crippen LogP contribution in [-0.4, -0.2) is 23.1 Å². The van der Waals surface area contributed by atoms with E-state index in [0.29, 0.717) is 5.69 Å². The minimum atomic E-state index is -0.942. The van der Waals surface area contributed by atoms with Crippen LogP contribution in [0.15, 0.2) is 22.7 Å². The fourth-order valence-electron chi connectivity index (χ4n) is 1.46. The van der Waals surface area contributed by atoms with Gasteiger partial charge in [-0.05, 0) is 37.6 Å². The fourth-order valence-corrected chi connectivity index (χ4v) is 1.94. The normalized spacial score (nSPS) is 11.7. The molecule has 0 heterocycles. The van der Waals surface area contributed by atoms with Gasteiger partial charge in [0.2, 0.25) is 0 Å². The molecule has 0 aliphatic heterocycles. The van der Waals surface area contributed by atoms with E-state index >= 15 is 0 Å². The number of carbonyl (C=O) groups excluding carboxylic acids is 1. The van der Waals surface area contributed by atoms with Crippen LogP contribution >= 0.6 is 15.9 Å². The molecule has 0 bridgehead atoms. The molecule has 1 rings (SSSR count). The first-order chi connectivity index (χ1) is 8.38. The number of aliphatic carboxylic acids is 1. The van der Waals surface area contributed by atoms with Crippen LogP contribution in [0, 0.1) is 6.92 Å². The Balaban J connectivity index is 2.56. The predicted molar refractivity (Wildman–Crippen MR) is 72.7 cm³/mol. The summed E-state index contributed by atoms with van der Waals surface area (Å²) in [5.74, 6) is -0.942. The van der Waals surface area contributed by atoms with E-state index in [1.54, 1.807) is 13.0 Å². The molecule has 2 amide bonds. The first-order valence-corrected chi connectivity index (χ1v) is 6.23. The zero-order valence-electron chi connectivity index (χ0n) is 10.2. The smallest absolute Gasteiger partial charge is 0.319 e. The summed E-state index contributed by atoms with van der Waals surface area (Å²) >= 11 is 3.34. The van der Waals surface area contributed by atoms with E-state index in [9.17, 15) is 9.59 Å². The second-order valence-corrected chi connectivity index (χ2v) is 4.97. The highest BCUT2D eigenvalue weighted by Crippen LogP contribution is 2.19. The summed E-state index contributed by atoms with van der Waals surface area (Å²) in [4.78, 5) is 22.1. The Labute approximate surface area is 114 Å². The molecule has 1 atom stereocenters. The van der Waals surface area contributed by atoms with Crippen molar-refractivity contribution in [3.8, 4) is 0 Å². The van der Waals surface area contributed by atoms with Crippen LogP contribution in [0.3, 0.4) is 0 Å². The van der Waals surface area contributed by atoms with Crippen molar-refractivity contribution in [1.82, 2.24) is 5.32 Å². The number of aryl methyl sites for hydroxylation is 1. The minimum Gasteiger partial charge on any atom is -0.481 e. The van der Waals surface area contributed by atoms with Gasteiger partial charge in [0.05, 0.1) is 6.42 Å². The standard InChI is InChI=1S/C12H15BrN2O3/c1-7-5-9(13)3-4-10(7)15-12(18)14-8(2)6-11(16)17/h3-5,8H,6H2,1-2H3,(H,16,17)(H2,14,15,18). The molecule has 1 aromatic rings. The maximum absolute atomic E-state index is 11.6. The SMILES string of the molecule is Cc1cc(Br)ccc1NC(=O)NC(C)CC(=O)O. The third kappa shape index (κ3) is 4.75. The van der Waals surface area contributed by atoms with E-state index < -0.39 is 18.0 Å². The van der Waals surface area contributed by atoms with Crippen molar-refractivity contribution in [2.45, 2.75) is 26.3 Å². The molecule has 0 radical (unpaired) electrons. The summed E-state index contributed by atoms with van der Waals surface area (Å²) in [6, 6.07) is 4.66. The van der Waals surface area contributed by atoms with Crippen LogP contribution in [0.2, 0.25) is 0 Å². The molecule has 1 unspecified atom stereocenters. The number of halogens is 1. The highest BCUT2D eigenvalue weighted by atomic mass is 79.9. The van der Waals surface area contributed by atoms with Crippen LogP contribution < -0.4 is 10.6 Å². The van der Waals surface area contributed by atoms with Crippen LogP contribution in [0.25, 0.3) is 0 Å². The zero-order chi connectivity index (χ0) is 13.7. The van der Waals surface area contributed by atoms with E-state index in [0.717, 1.165) is 10.0 Å². The molecule has 0 aliphatic rings. The average molecular weight is 315 g/mol. The summed E-state index contributed by atoms with van der Waals surface area (Å²) in [5.41, 5.74) is 1.61. The van der Waals surface area contributed by atoms with Crippen molar-refractivity contribution >= 4 is 33.6 Å². The number of rotatable bonds is 4. The van der Waals surface area contributed by atoms with Gasteiger partial charge in [-0.1, -0.05) is 15.9 Å². The van der Waals surface area contributed by atoms with Gasteiger partial charge in [-0.2, -0.15) is 0 Å². The van der Waals surface area contributed by atoms with Gasteiger partial charge >= 0.3 is 12.0 Å². The van der Waals surface area contributed by atoms with Crippen LogP contribution in [0.1, 0.15) is 18.9 Å². The summed E-state index contributed by atoms with van der Waals surface area (Å²) in [5, 5.41) is 13.8. The third-order valence-corrected chi connectivity index (χ3v) is 2.79. The average Bonchev–Trinajstić information content (AvgIpc) is 2.20. The molecule has 5 nitrogen and oxygen atoms in total. The van der Waals surface area contributed by atoms with Gasteiger partial charge in [0.15, 0.2) is 0 Å². The minimum absolute atomic E-state index is 0.104. The van der Waals surface area contributed by atoms with Crippen LogP contribution in [0.4, 0.5) is 10.5 Å². The Morgan fingerprint density at radius 1 is 1.44 bits per heavy atom. The number of carboxylic acid groups (broad SMARTS) is 1. The van der Waals surface area contributed by atoms with Gasteiger partial charge in [-0.3, -0.25) is 4.79 Å². The lowest BCUT2D eigenvalue weighted by molar-refractivity contribution is -0.137. The molecule has 0 fully saturated rings. The van der Waals surface area contributed by atoms with Gasteiger partial charge in [-0.25, -0.2) is 4.79 Å². The molecule has 0 saturated carbocycles. The fraction of sp³-hybridized carbons (Fsp3) is 0.333. The molecule has 0 saturated heterocycles. The van der Waals surface area contributed by atoms with E-state index in [4.69, 9.17) is 5.11 Å². The van der Waals surface area contributed by atoms with Crippen molar-refractivity contribution in [3.05, 3.63) is 28.2 Å². The second kappa shape index (κ2) is 6.39. The maximum atomic E-state index is 11.6. The number of benzene rings is 1. The number of hydrogen-bond donors (Lipinski definition) is 3. The van der Waals surface area contributed by atoms with Crippen molar-refractivity contribution < 1.29 is 14.7 Å². The summed E-state index contributed by atoms with van der Waals surface area (Å²) in [6.45, 7) is 3.52. The van der Waals surface area contributed by atoms with Gasteiger partial charge in [0.1, 0.15) is 0 Å². The molecule has 1 aromatic carbocycles. The molecule has 6 heteroatoms. The van der Waals surface area contributed by atoms with E-state index in [-0.39, 0.29) is 6.42 Å². The van der Waals surface area contributed by atoms with Crippen molar-refractivity contribution in [3.63, 3.8) is 0 Å². The van der Waals surface area contributed by atoms with Crippen LogP contribution in [-0.2, 0) is 4.79 Å². The molecule has 98 valence electrons. The molecule has 0 aliphatic carbocycles. The van der Waals surface area contributed by atoms with Crippen molar-refractivity contribution in [2.75, 3.05) is 5.32 Å². The van der Waals surface area contributed by atoms with E-state index in [1.807, 2.05) is 19.1 Å². The van der Waals surface area contributed by atoms with Crippen molar-refractivity contribution in [2.24, 2.45) is 0 Å². The molecule has 3 N–H and O–H groups in total. The quantitative estimate of drug-likeness (QED) is 0.799. The summed E-state index contributed by atoms with van der Waals surface area (Å²) in [7, 11) is 0. The number of nitrogens with one attached hydrogen (secondary N) is 2. The Morgan fingerprint density at radius 3 is 2.67 bits per heavy atom. The predicted octanol–water partition coefficient (Wildman–Crippen LogP) is 2.74. The molecule has 18 heavy (non-hydrogen) atoms. The zero-order valence-corrected chi connectivity index (χ0v) is 11.7. The third-order valence-electron chi connectivity index (χ3n) is 2.29. The topological polar surface area (TPSA) is 78.4 Å². The van der Waals surface area contributed by atoms with Gasteiger partial charge in [0.25, 0.3) is 0 Å². The molecular weight excluding hydrogens is 300 g/mol. The number of anilines is 1. The molecule has 0 aromatic heterocycles. The monoisotopic (exact) mass is 314 g/mol. The number of amides is 2. The second-order valence-electron chi connectivity index (χ2n) is 4.06. The largest absolute Gasteiger partial charge is 0.481 e. The Hall–Kier alpha value is -1.56. The lowest BCUT2D eigenvalue weighted by Crippen LogP contribution is -2.37. The lowest BCUT2D eigenvalue weighted by Gasteiger charge is -2.14. The van der Waals surface area contributed by atoms with Crippen LogP contribution in [0.5, 0.6) is 0 Å². The van der Waals surface area contributed by atoms with Gasteiger partial charge < -0.3 is 15.7 Å². The van der Waals surface area contributed by atoms with Gasteiger partial charge in [0, 0.05) is 16.2 Å². The Bertz CT molecular complexity index is 463. The molecule has 0 spiro atoms. The Kier molecular flexibility index (Phi) is 5.15. The molecular formula is C12H15BrN2O3. The summed E-state index contributed by atoms with van der Waals surface area (Å²) < 4.78 is 0.935. The van der Waals surface area contributed by atoms with Gasteiger partial charge in [-0.15, -0.1) is 0 Å². The van der Waals surface area contributed by atoms with Crippen molar-refractivity contribution in [1.29, 1.82) is 0 Å². The Morgan fingerprint density at radius 2 is 2.11 bits per heavy atom. The van der Waals surface area contributed by atoms with E-state index in [1.165, 1.54) is 0 Å². The highest BCUT2D eigenvalue weighted by Gasteiger charge is 2.11. The summed E-state index contributed by atoms with van der Waals surface area (Å²) in [6.07, 6.45) is -0.104. The van der Waals surface area contributed by atoms with E-state index in [2.05, 4.69) is 26.6 Å². The number of carboxylic acids is 1.